The number of rotatable bonds is 6. The summed E-state index contributed by atoms with van der Waals surface area (Å²) in [6, 6.07) is 5.52. The Morgan fingerprint density at radius 3 is 2.71 bits per heavy atom. The Balaban J connectivity index is 2.11. The van der Waals surface area contributed by atoms with Crippen LogP contribution < -0.4 is 15.2 Å². The van der Waals surface area contributed by atoms with Gasteiger partial charge < -0.3 is 20.1 Å². The third kappa shape index (κ3) is 4.63. The van der Waals surface area contributed by atoms with Crippen LogP contribution in [-0.4, -0.2) is 43.7 Å². The number of hydrogen-bond donors (Lipinski definition) is 1. The smallest absolute Gasteiger partial charge is 0.254 e. The number of carbonyl (C=O) groups excluding carboxylic acids is 1. The highest BCUT2D eigenvalue weighted by atomic mass is 16.5. The number of methoxy groups -OCH3 is 1. The summed E-state index contributed by atoms with van der Waals surface area (Å²) in [4.78, 5) is 14.7. The van der Waals surface area contributed by atoms with E-state index in [0.717, 1.165) is 25.9 Å². The molecule has 0 saturated carbocycles. The Labute approximate surface area is 145 Å². The molecule has 24 heavy (non-hydrogen) atoms. The topological polar surface area (TPSA) is 64.8 Å². The minimum Gasteiger partial charge on any atom is -0.493 e. The number of ether oxygens (including phenoxy) is 2. The van der Waals surface area contributed by atoms with Crippen molar-refractivity contribution in [3.05, 3.63) is 23.8 Å². The molecule has 1 heterocycles. The number of amides is 1. The quantitative estimate of drug-likeness (QED) is 0.869. The van der Waals surface area contributed by atoms with Gasteiger partial charge in [-0.05, 0) is 49.8 Å². The first-order valence-electron chi connectivity index (χ1n) is 8.78. The van der Waals surface area contributed by atoms with Gasteiger partial charge in [-0.3, -0.25) is 4.79 Å². The average molecular weight is 334 g/mol. The maximum absolute atomic E-state index is 12.8. The molecule has 1 saturated heterocycles. The molecule has 0 bridgehead atoms. The maximum Gasteiger partial charge on any atom is 0.254 e. The molecule has 1 aliphatic rings. The van der Waals surface area contributed by atoms with Crippen LogP contribution in [0.15, 0.2) is 18.2 Å². The van der Waals surface area contributed by atoms with Crippen molar-refractivity contribution >= 4 is 5.91 Å². The van der Waals surface area contributed by atoms with E-state index in [9.17, 15) is 4.79 Å². The molecule has 0 aliphatic carbocycles. The molecule has 2 atom stereocenters. The molecule has 0 spiro atoms. The highest BCUT2D eigenvalue weighted by Crippen LogP contribution is 2.30. The van der Waals surface area contributed by atoms with Gasteiger partial charge in [-0.15, -0.1) is 0 Å². The Bertz CT molecular complexity index is 558. The van der Waals surface area contributed by atoms with Crippen LogP contribution in [0.25, 0.3) is 0 Å². The van der Waals surface area contributed by atoms with Crippen LogP contribution in [0.4, 0.5) is 0 Å². The normalized spacial score (nSPS) is 19.2. The van der Waals surface area contributed by atoms with Gasteiger partial charge in [0.1, 0.15) is 0 Å². The number of nitrogens with zero attached hydrogens (tertiary/aromatic N) is 1. The van der Waals surface area contributed by atoms with Gasteiger partial charge in [0.05, 0.1) is 13.7 Å². The van der Waals surface area contributed by atoms with E-state index in [0.29, 0.717) is 35.5 Å². The number of nitrogens with two attached hydrogens (primary N) is 1. The van der Waals surface area contributed by atoms with Gasteiger partial charge in [-0.1, -0.05) is 13.8 Å². The lowest BCUT2D eigenvalue weighted by atomic mass is 9.92. The second kappa shape index (κ2) is 8.38. The Morgan fingerprint density at radius 1 is 1.33 bits per heavy atom. The number of likely N-dealkylation sites (tertiary alicyclic amines) is 1. The Kier molecular flexibility index (Phi) is 6.49. The summed E-state index contributed by atoms with van der Waals surface area (Å²) < 4.78 is 11.2. The molecule has 1 aromatic rings. The van der Waals surface area contributed by atoms with Crippen molar-refractivity contribution in [3.8, 4) is 11.5 Å². The summed E-state index contributed by atoms with van der Waals surface area (Å²) >= 11 is 0. The fourth-order valence-corrected chi connectivity index (χ4v) is 2.98. The van der Waals surface area contributed by atoms with Crippen LogP contribution in [0.2, 0.25) is 0 Å². The average Bonchev–Trinajstić information content (AvgIpc) is 2.59. The molecule has 134 valence electrons. The molecule has 1 aliphatic heterocycles. The first kappa shape index (κ1) is 18.6. The number of benzene rings is 1. The van der Waals surface area contributed by atoms with Crippen LogP contribution in [0.1, 0.15) is 44.0 Å². The predicted octanol–water partition coefficient (Wildman–Crippen LogP) is 2.93. The zero-order valence-corrected chi connectivity index (χ0v) is 15.2. The molecule has 2 unspecified atom stereocenters. The molecular formula is C19H30N2O3. The van der Waals surface area contributed by atoms with Crippen LogP contribution in [0, 0.1) is 11.8 Å². The van der Waals surface area contributed by atoms with Gasteiger partial charge in [0, 0.05) is 24.7 Å². The van der Waals surface area contributed by atoms with Gasteiger partial charge in [0.25, 0.3) is 5.91 Å². The summed E-state index contributed by atoms with van der Waals surface area (Å²) in [5, 5.41) is 0. The lowest BCUT2D eigenvalue weighted by Crippen LogP contribution is -2.45. The van der Waals surface area contributed by atoms with E-state index in [2.05, 4.69) is 13.8 Å². The fourth-order valence-electron chi connectivity index (χ4n) is 2.98. The van der Waals surface area contributed by atoms with E-state index in [4.69, 9.17) is 15.2 Å². The third-order valence-electron chi connectivity index (χ3n) is 4.47. The summed E-state index contributed by atoms with van der Waals surface area (Å²) in [7, 11) is 1.60. The van der Waals surface area contributed by atoms with Crippen LogP contribution in [0.3, 0.4) is 0 Å². The lowest BCUT2D eigenvalue weighted by Gasteiger charge is -2.34. The van der Waals surface area contributed by atoms with Crippen molar-refractivity contribution in [3.63, 3.8) is 0 Å². The predicted molar refractivity (Wildman–Crippen MR) is 95.6 cm³/mol. The van der Waals surface area contributed by atoms with Crippen LogP contribution in [-0.2, 0) is 0 Å². The monoisotopic (exact) mass is 334 g/mol. The molecule has 1 aromatic carbocycles. The van der Waals surface area contributed by atoms with Gasteiger partial charge in [-0.25, -0.2) is 0 Å². The summed E-state index contributed by atoms with van der Waals surface area (Å²) in [5.74, 6) is 2.11. The Morgan fingerprint density at radius 2 is 2.08 bits per heavy atom. The SMILES string of the molecule is COc1cc(C(=O)N2CCCC(C(C)N)C2)ccc1OCC(C)C. The minimum atomic E-state index is 0.0362. The summed E-state index contributed by atoms with van der Waals surface area (Å²) in [6.45, 7) is 8.33. The van der Waals surface area contributed by atoms with Crippen LogP contribution >= 0.6 is 0 Å². The number of piperidine rings is 1. The van der Waals surface area contributed by atoms with Crippen molar-refractivity contribution in [2.75, 3.05) is 26.8 Å². The van der Waals surface area contributed by atoms with Crippen molar-refractivity contribution < 1.29 is 14.3 Å². The van der Waals surface area contributed by atoms with Crippen molar-refractivity contribution in [1.82, 2.24) is 4.90 Å². The van der Waals surface area contributed by atoms with Crippen molar-refractivity contribution in [2.45, 2.75) is 39.7 Å². The zero-order valence-electron chi connectivity index (χ0n) is 15.2. The molecule has 5 heteroatoms. The van der Waals surface area contributed by atoms with Gasteiger partial charge in [0.2, 0.25) is 0 Å². The Hall–Kier alpha value is -1.75. The number of hydrogen-bond acceptors (Lipinski definition) is 4. The van der Waals surface area contributed by atoms with E-state index in [-0.39, 0.29) is 11.9 Å². The number of carbonyl (C=O) groups is 1. The fraction of sp³-hybridized carbons (Fsp3) is 0.632. The molecule has 5 nitrogen and oxygen atoms in total. The molecule has 2 N–H and O–H groups in total. The minimum absolute atomic E-state index is 0.0362. The molecule has 1 amide bonds. The van der Waals surface area contributed by atoms with Crippen LogP contribution in [0.5, 0.6) is 11.5 Å². The van der Waals surface area contributed by atoms with E-state index >= 15 is 0 Å². The van der Waals surface area contributed by atoms with E-state index < -0.39 is 0 Å². The molecule has 1 fully saturated rings. The molecular weight excluding hydrogens is 304 g/mol. The largest absolute Gasteiger partial charge is 0.493 e. The first-order valence-corrected chi connectivity index (χ1v) is 8.78. The summed E-state index contributed by atoms with van der Waals surface area (Å²) in [5.41, 5.74) is 6.65. The van der Waals surface area contributed by atoms with E-state index in [1.54, 1.807) is 13.2 Å². The van der Waals surface area contributed by atoms with Gasteiger partial charge in [0.15, 0.2) is 11.5 Å². The van der Waals surface area contributed by atoms with Crippen molar-refractivity contribution in [1.29, 1.82) is 0 Å². The van der Waals surface area contributed by atoms with E-state index in [1.807, 2.05) is 24.0 Å². The van der Waals surface area contributed by atoms with Gasteiger partial charge in [-0.2, -0.15) is 0 Å². The second-order valence-electron chi connectivity index (χ2n) is 7.08. The maximum atomic E-state index is 12.8. The lowest BCUT2D eigenvalue weighted by molar-refractivity contribution is 0.0660. The third-order valence-corrected chi connectivity index (χ3v) is 4.47. The van der Waals surface area contributed by atoms with Gasteiger partial charge >= 0.3 is 0 Å². The van der Waals surface area contributed by atoms with Crippen molar-refractivity contribution in [2.24, 2.45) is 17.6 Å². The molecule has 2 rings (SSSR count). The summed E-state index contributed by atoms with van der Waals surface area (Å²) in [6.07, 6.45) is 2.09. The molecule has 0 aromatic heterocycles. The zero-order chi connectivity index (χ0) is 17.7. The molecule has 0 radical (unpaired) electrons. The second-order valence-corrected chi connectivity index (χ2v) is 7.08. The van der Waals surface area contributed by atoms with E-state index in [1.165, 1.54) is 0 Å². The standard InChI is InChI=1S/C19H30N2O3/c1-13(2)12-24-17-8-7-15(10-18(17)23-4)19(22)21-9-5-6-16(11-21)14(3)20/h7-8,10,13-14,16H,5-6,9,11-12,20H2,1-4H3. The highest BCUT2D eigenvalue weighted by Gasteiger charge is 2.27. The highest BCUT2D eigenvalue weighted by molar-refractivity contribution is 5.95. The first-order chi connectivity index (χ1) is 11.4.